The van der Waals surface area contributed by atoms with Crippen LogP contribution in [-0.4, -0.2) is 15.8 Å². The topological polar surface area (TPSA) is 42.9 Å². The Morgan fingerprint density at radius 1 is 0.762 bits per heavy atom. The van der Waals surface area contributed by atoms with Crippen LogP contribution in [0.15, 0.2) is 60.2 Å². The number of hydrogen-bond acceptors (Lipinski definition) is 3. The fourth-order valence-corrected chi connectivity index (χ4v) is 2.50. The van der Waals surface area contributed by atoms with Crippen LogP contribution in [0.3, 0.4) is 0 Å². The number of aromatic nitrogens is 2. The zero-order chi connectivity index (χ0) is 14.5. The van der Waals surface area contributed by atoms with Gasteiger partial charge in [0.1, 0.15) is 0 Å². The highest BCUT2D eigenvalue weighted by Gasteiger charge is 2.20. The van der Waals surface area contributed by atoms with Gasteiger partial charge in [-0.25, -0.2) is 0 Å². The normalized spacial score (nSPS) is 19.1. The predicted octanol–water partition coefficient (Wildman–Crippen LogP) is 3.70. The number of pyridine rings is 2. The lowest BCUT2D eigenvalue weighted by Gasteiger charge is -2.16. The first-order valence-corrected chi connectivity index (χ1v) is 7.09. The van der Waals surface area contributed by atoms with Gasteiger partial charge in [-0.05, 0) is 66.8 Å². The van der Waals surface area contributed by atoms with Gasteiger partial charge in [0.2, 0.25) is 0 Å². The van der Waals surface area contributed by atoms with Gasteiger partial charge in [0.25, 0.3) is 0 Å². The molecule has 0 saturated heterocycles. The maximum atomic E-state index is 12.6. The molecule has 2 heterocycles. The molecular formula is C18H16N2O. The van der Waals surface area contributed by atoms with Crippen LogP contribution in [0.25, 0.3) is 12.2 Å². The second-order valence-corrected chi connectivity index (χ2v) is 5.08. The van der Waals surface area contributed by atoms with Gasteiger partial charge in [-0.15, -0.1) is 0 Å². The summed E-state index contributed by atoms with van der Waals surface area (Å²) in [7, 11) is 0. The Morgan fingerprint density at radius 3 is 1.62 bits per heavy atom. The first-order valence-electron chi connectivity index (χ1n) is 7.09. The SMILES string of the molecule is O=C1/C(=C\c2ccncc2)CCC/C1=C\c1ccncc1. The van der Waals surface area contributed by atoms with E-state index in [1.165, 1.54) is 0 Å². The molecule has 0 radical (unpaired) electrons. The molecule has 1 fully saturated rings. The quantitative estimate of drug-likeness (QED) is 0.785. The molecule has 3 rings (SSSR count). The molecule has 2 aromatic rings. The van der Waals surface area contributed by atoms with E-state index in [0.717, 1.165) is 41.5 Å². The summed E-state index contributed by atoms with van der Waals surface area (Å²) in [4.78, 5) is 20.6. The van der Waals surface area contributed by atoms with Gasteiger partial charge in [0.05, 0.1) is 0 Å². The Hall–Kier alpha value is -2.55. The predicted molar refractivity (Wildman–Crippen MR) is 83.3 cm³/mol. The fourth-order valence-electron chi connectivity index (χ4n) is 2.50. The lowest BCUT2D eigenvalue weighted by atomic mass is 9.87. The third-order valence-corrected chi connectivity index (χ3v) is 3.57. The highest BCUT2D eigenvalue weighted by Crippen LogP contribution is 2.27. The average molecular weight is 276 g/mol. The first-order chi connectivity index (χ1) is 10.3. The summed E-state index contributed by atoms with van der Waals surface area (Å²) in [5, 5.41) is 0. The van der Waals surface area contributed by atoms with Crippen LogP contribution in [0.4, 0.5) is 0 Å². The molecule has 3 heteroatoms. The van der Waals surface area contributed by atoms with Crippen LogP contribution in [0.1, 0.15) is 30.4 Å². The number of ketones is 1. The number of carbonyl (C=O) groups is 1. The van der Waals surface area contributed by atoms with Crippen LogP contribution >= 0.6 is 0 Å². The van der Waals surface area contributed by atoms with E-state index in [4.69, 9.17) is 0 Å². The fraction of sp³-hybridized carbons (Fsp3) is 0.167. The minimum atomic E-state index is 0.162. The van der Waals surface area contributed by atoms with E-state index < -0.39 is 0 Å². The number of nitrogens with zero attached hydrogens (tertiary/aromatic N) is 2. The molecule has 0 unspecified atom stereocenters. The van der Waals surface area contributed by atoms with Gasteiger partial charge in [-0.1, -0.05) is 0 Å². The molecule has 0 aliphatic heterocycles. The molecule has 0 atom stereocenters. The van der Waals surface area contributed by atoms with E-state index in [1.54, 1.807) is 24.8 Å². The van der Waals surface area contributed by atoms with Gasteiger partial charge in [-0.3, -0.25) is 14.8 Å². The van der Waals surface area contributed by atoms with Crippen LogP contribution in [0, 0.1) is 0 Å². The highest BCUT2D eigenvalue weighted by atomic mass is 16.1. The summed E-state index contributed by atoms with van der Waals surface area (Å²) < 4.78 is 0. The number of Topliss-reactive ketones (excluding diaryl/α,β-unsaturated/α-hetero) is 1. The van der Waals surface area contributed by atoms with Crippen molar-refractivity contribution in [3.63, 3.8) is 0 Å². The Bertz CT molecular complexity index is 628. The van der Waals surface area contributed by atoms with Crippen molar-refractivity contribution in [1.82, 2.24) is 9.97 Å². The van der Waals surface area contributed by atoms with Gasteiger partial charge >= 0.3 is 0 Å². The van der Waals surface area contributed by atoms with E-state index in [1.807, 2.05) is 36.4 Å². The van der Waals surface area contributed by atoms with Gasteiger partial charge < -0.3 is 0 Å². The molecule has 0 aromatic carbocycles. The van der Waals surface area contributed by atoms with Gasteiger partial charge in [0, 0.05) is 35.9 Å². The second-order valence-electron chi connectivity index (χ2n) is 5.08. The summed E-state index contributed by atoms with van der Waals surface area (Å²) in [5.74, 6) is 0.162. The molecular weight excluding hydrogens is 260 g/mol. The molecule has 0 spiro atoms. The average Bonchev–Trinajstić information content (AvgIpc) is 2.53. The highest BCUT2D eigenvalue weighted by molar-refractivity contribution is 6.13. The molecule has 0 bridgehead atoms. The maximum absolute atomic E-state index is 12.6. The number of carbonyl (C=O) groups excluding carboxylic acids is 1. The molecule has 0 amide bonds. The number of hydrogen-bond donors (Lipinski definition) is 0. The van der Waals surface area contributed by atoms with E-state index >= 15 is 0 Å². The number of allylic oxidation sites excluding steroid dienone is 2. The largest absolute Gasteiger partial charge is 0.289 e. The summed E-state index contributed by atoms with van der Waals surface area (Å²) in [6, 6.07) is 7.67. The maximum Gasteiger partial charge on any atom is 0.185 e. The zero-order valence-corrected chi connectivity index (χ0v) is 11.7. The van der Waals surface area contributed by atoms with E-state index in [-0.39, 0.29) is 5.78 Å². The second kappa shape index (κ2) is 6.27. The van der Waals surface area contributed by atoms with Crippen molar-refractivity contribution in [2.24, 2.45) is 0 Å². The lowest BCUT2D eigenvalue weighted by Crippen LogP contribution is -2.12. The van der Waals surface area contributed by atoms with Gasteiger partial charge in [0.15, 0.2) is 5.78 Å². The van der Waals surface area contributed by atoms with Crippen molar-refractivity contribution in [2.75, 3.05) is 0 Å². The minimum absolute atomic E-state index is 0.162. The van der Waals surface area contributed by atoms with E-state index in [9.17, 15) is 4.79 Å². The molecule has 1 saturated carbocycles. The Labute approximate surface area is 124 Å². The third-order valence-electron chi connectivity index (χ3n) is 3.57. The standard InChI is InChI=1S/C18H16N2O/c21-18-16(12-14-4-8-19-9-5-14)2-1-3-17(18)13-15-6-10-20-11-7-15/h4-13H,1-3H2/b16-12-,17-13+. The summed E-state index contributed by atoms with van der Waals surface area (Å²) in [5.41, 5.74) is 3.82. The molecule has 21 heavy (non-hydrogen) atoms. The number of rotatable bonds is 2. The smallest absolute Gasteiger partial charge is 0.185 e. The molecule has 0 N–H and O–H groups in total. The molecule has 2 aromatic heterocycles. The third kappa shape index (κ3) is 3.31. The summed E-state index contributed by atoms with van der Waals surface area (Å²) in [6.45, 7) is 0. The van der Waals surface area contributed by atoms with Crippen molar-refractivity contribution in [3.05, 3.63) is 71.3 Å². The minimum Gasteiger partial charge on any atom is -0.289 e. The van der Waals surface area contributed by atoms with Crippen LogP contribution < -0.4 is 0 Å². The van der Waals surface area contributed by atoms with Crippen molar-refractivity contribution in [3.8, 4) is 0 Å². The van der Waals surface area contributed by atoms with Crippen molar-refractivity contribution in [2.45, 2.75) is 19.3 Å². The molecule has 104 valence electrons. The zero-order valence-electron chi connectivity index (χ0n) is 11.7. The van der Waals surface area contributed by atoms with Gasteiger partial charge in [-0.2, -0.15) is 0 Å². The monoisotopic (exact) mass is 276 g/mol. The summed E-state index contributed by atoms with van der Waals surface area (Å²) >= 11 is 0. The van der Waals surface area contributed by atoms with Crippen LogP contribution in [0.2, 0.25) is 0 Å². The Balaban J connectivity index is 1.88. The Kier molecular flexibility index (Phi) is 4.01. The molecule has 3 nitrogen and oxygen atoms in total. The van der Waals surface area contributed by atoms with Crippen molar-refractivity contribution >= 4 is 17.9 Å². The van der Waals surface area contributed by atoms with E-state index in [0.29, 0.717) is 0 Å². The summed E-state index contributed by atoms with van der Waals surface area (Å²) in [6.07, 6.45) is 13.6. The first kappa shape index (κ1) is 13.4. The van der Waals surface area contributed by atoms with Crippen molar-refractivity contribution < 1.29 is 4.79 Å². The Morgan fingerprint density at radius 2 is 1.19 bits per heavy atom. The van der Waals surface area contributed by atoms with Crippen LogP contribution in [-0.2, 0) is 4.79 Å². The van der Waals surface area contributed by atoms with E-state index in [2.05, 4.69) is 9.97 Å². The lowest BCUT2D eigenvalue weighted by molar-refractivity contribution is -0.112. The molecule has 1 aliphatic carbocycles. The van der Waals surface area contributed by atoms with Crippen LogP contribution in [0.5, 0.6) is 0 Å². The van der Waals surface area contributed by atoms with Crippen molar-refractivity contribution in [1.29, 1.82) is 0 Å². The molecule has 1 aliphatic rings.